The minimum atomic E-state index is -0.543. The molecule has 0 atom stereocenters. The number of aryl methyl sites for hydroxylation is 3. The molecule has 7 nitrogen and oxygen atoms in total. The lowest BCUT2D eigenvalue weighted by Crippen LogP contribution is -2.23. The highest BCUT2D eigenvalue weighted by atomic mass is 16.5. The van der Waals surface area contributed by atoms with Gasteiger partial charge < -0.3 is 14.0 Å². The second-order valence-electron chi connectivity index (χ2n) is 8.72. The average Bonchev–Trinajstić information content (AvgIpc) is 2.87. The van der Waals surface area contributed by atoms with Crippen LogP contribution in [0.5, 0.6) is 0 Å². The van der Waals surface area contributed by atoms with E-state index in [1.807, 2.05) is 51.1 Å². The summed E-state index contributed by atoms with van der Waals surface area (Å²) in [6.45, 7) is 6.07. The van der Waals surface area contributed by atoms with Crippen LogP contribution in [-0.2, 0) is 16.0 Å². The van der Waals surface area contributed by atoms with E-state index in [1.54, 1.807) is 16.8 Å². The van der Waals surface area contributed by atoms with E-state index < -0.39 is 11.2 Å². The van der Waals surface area contributed by atoms with Crippen molar-refractivity contribution in [1.82, 2.24) is 14.5 Å². The minimum Gasteiger partial charge on any atom is -0.465 e. The molecule has 2 aliphatic rings. The number of carbonyl (C=O) groups excluding carboxylic acids is 1. The number of ether oxygens (including phenoxy) is 2. The molecule has 0 unspecified atom stereocenters. The van der Waals surface area contributed by atoms with Crippen LogP contribution >= 0.6 is 0 Å². The van der Waals surface area contributed by atoms with E-state index >= 15 is 0 Å². The Balaban J connectivity index is 1.57. The monoisotopic (exact) mass is 467 g/mol. The van der Waals surface area contributed by atoms with Crippen molar-refractivity contribution in [3.8, 4) is 0 Å². The Bertz CT molecular complexity index is 1540. The van der Waals surface area contributed by atoms with Gasteiger partial charge in [0.2, 0.25) is 17.0 Å². The van der Waals surface area contributed by atoms with Crippen LogP contribution in [0, 0.1) is 20.8 Å². The number of pyridine rings is 3. The standard InChI is InChI=1S/C28H25N3O4/c1-17-12-22-26(32)23(27(33)25-16-34-15-24(35-25)20-9-5-4-6-10-20)14-31(28(22)30-19(17)3)13-21-11-7-8-18(2)29-21/h4-5,7-9,11-12,14-16H,6,10,13H2,1-3H3. The lowest BCUT2D eigenvalue weighted by Gasteiger charge is -2.19. The number of carbonyl (C=O) groups is 1. The minimum absolute atomic E-state index is 0.0103. The van der Waals surface area contributed by atoms with Gasteiger partial charge in [0, 0.05) is 17.6 Å². The first-order valence-electron chi connectivity index (χ1n) is 11.5. The van der Waals surface area contributed by atoms with E-state index in [0.717, 1.165) is 41.1 Å². The third-order valence-electron chi connectivity index (χ3n) is 6.14. The number of Topliss-reactive ketones (excluding diaryl/α,β-unsaturated/α-hetero) is 1. The zero-order valence-corrected chi connectivity index (χ0v) is 19.9. The van der Waals surface area contributed by atoms with Crippen LogP contribution in [0.1, 0.15) is 45.8 Å². The zero-order chi connectivity index (χ0) is 24.5. The van der Waals surface area contributed by atoms with E-state index in [9.17, 15) is 9.59 Å². The second kappa shape index (κ2) is 9.18. The summed E-state index contributed by atoms with van der Waals surface area (Å²) < 4.78 is 13.1. The smallest absolute Gasteiger partial charge is 0.236 e. The van der Waals surface area contributed by atoms with Crippen molar-refractivity contribution in [3.63, 3.8) is 0 Å². The second-order valence-corrected chi connectivity index (χ2v) is 8.72. The Kier molecular flexibility index (Phi) is 5.91. The predicted molar refractivity (Wildman–Crippen MR) is 133 cm³/mol. The molecule has 0 amide bonds. The number of nitrogens with zero attached hydrogens (tertiary/aromatic N) is 3. The van der Waals surface area contributed by atoms with Gasteiger partial charge >= 0.3 is 0 Å². The van der Waals surface area contributed by atoms with Crippen molar-refractivity contribution >= 4 is 16.8 Å². The van der Waals surface area contributed by atoms with Crippen LogP contribution in [-0.4, -0.2) is 20.3 Å². The average molecular weight is 468 g/mol. The maximum absolute atomic E-state index is 13.5. The van der Waals surface area contributed by atoms with E-state index in [0.29, 0.717) is 23.3 Å². The van der Waals surface area contributed by atoms with Gasteiger partial charge in [-0.25, -0.2) is 4.98 Å². The highest BCUT2D eigenvalue weighted by Crippen LogP contribution is 2.27. The summed E-state index contributed by atoms with van der Waals surface area (Å²) in [4.78, 5) is 36.2. The molecule has 1 aliphatic carbocycles. The summed E-state index contributed by atoms with van der Waals surface area (Å²) in [5.41, 5.74) is 4.41. The highest BCUT2D eigenvalue weighted by molar-refractivity contribution is 6.08. The van der Waals surface area contributed by atoms with Crippen molar-refractivity contribution in [1.29, 1.82) is 0 Å². The first-order chi connectivity index (χ1) is 16.9. The summed E-state index contributed by atoms with van der Waals surface area (Å²) in [6.07, 6.45) is 11.9. The van der Waals surface area contributed by atoms with Crippen LogP contribution < -0.4 is 5.43 Å². The molecule has 0 N–H and O–H groups in total. The lowest BCUT2D eigenvalue weighted by atomic mass is 10.0. The number of fused-ring (bicyclic) bond motifs is 1. The zero-order valence-electron chi connectivity index (χ0n) is 19.9. The number of allylic oxidation sites excluding steroid dienone is 5. The van der Waals surface area contributed by atoms with Crippen molar-refractivity contribution < 1.29 is 14.3 Å². The molecule has 0 radical (unpaired) electrons. The SMILES string of the molecule is Cc1cccc(Cn2cc(C(=O)C3=COC=C(C4=CC=CCC4)O3)c(=O)c3cc(C)c(C)nc32)n1. The van der Waals surface area contributed by atoms with Crippen LogP contribution in [0.4, 0.5) is 0 Å². The molecule has 176 valence electrons. The molecule has 0 bridgehead atoms. The van der Waals surface area contributed by atoms with Crippen molar-refractivity contribution in [2.75, 3.05) is 0 Å². The molecule has 0 spiro atoms. The van der Waals surface area contributed by atoms with Gasteiger partial charge in [-0.3, -0.25) is 14.6 Å². The Morgan fingerprint density at radius 1 is 1.14 bits per heavy atom. The van der Waals surface area contributed by atoms with Crippen LogP contribution in [0.3, 0.4) is 0 Å². The van der Waals surface area contributed by atoms with Gasteiger partial charge in [0.05, 0.1) is 23.2 Å². The van der Waals surface area contributed by atoms with E-state index in [1.165, 1.54) is 12.5 Å². The molecule has 0 saturated carbocycles. The third-order valence-corrected chi connectivity index (χ3v) is 6.14. The van der Waals surface area contributed by atoms with Gasteiger partial charge in [0.25, 0.3) is 0 Å². The molecular weight excluding hydrogens is 442 g/mol. The molecule has 0 aromatic carbocycles. The third kappa shape index (κ3) is 4.45. The van der Waals surface area contributed by atoms with Gasteiger partial charge in [0.1, 0.15) is 18.2 Å². The van der Waals surface area contributed by atoms with Crippen LogP contribution in [0.2, 0.25) is 0 Å². The fourth-order valence-corrected chi connectivity index (χ4v) is 4.15. The molecule has 4 heterocycles. The van der Waals surface area contributed by atoms with Gasteiger partial charge in [-0.1, -0.05) is 24.3 Å². The van der Waals surface area contributed by atoms with Gasteiger partial charge in [-0.2, -0.15) is 0 Å². The van der Waals surface area contributed by atoms with Crippen molar-refractivity contribution in [2.24, 2.45) is 0 Å². The Morgan fingerprint density at radius 3 is 2.77 bits per heavy atom. The molecule has 0 saturated heterocycles. The van der Waals surface area contributed by atoms with E-state index in [4.69, 9.17) is 9.47 Å². The molecule has 3 aromatic heterocycles. The largest absolute Gasteiger partial charge is 0.465 e. The fraction of sp³-hybridized carbons (Fsp3) is 0.214. The molecular formula is C28H25N3O4. The molecule has 3 aromatic rings. The normalized spacial score (nSPS) is 15.1. The summed E-state index contributed by atoms with van der Waals surface area (Å²) in [7, 11) is 0. The number of hydrogen-bond acceptors (Lipinski definition) is 6. The summed E-state index contributed by atoms with van der Waals surface area (Å²) >= 11 is 0. The molecule has 1 aliphatic heterocycles. The number of ketones is 1. The topological polar surface area (TPSA) is 83.3 Å². The fourth-order valence-electron chi connectivity index (χ4n) is 4.15. The maximum atomic E-state index is 13.5. The highest BCUT2D eigenvalue weighted by Gasteiger charge is 2.26. The maximum Gasteiger partial charge on any atom is 0.236 e. The van der Waals surface area contributed by atoms with Gasteiger partial charge in [-0.15, -0.1) is 0 Å². The van der Waals surface area contributed by atoms with Crippen molar-refractivity contribution in [2.45, 2.75) is 40.2 Å². The first kappa shape index (κ1) is 22.5. The summed E-state index contributed by atoms with van der Waals surface area (Å²) in [5, 5.41) is 0.375. The molecule has 35 heavy (non-hydrogen) atoms. The van der Waals surface area contributed by atoms with Gasteiger partial charge in [-0.05, 0) is 62.9 Å². The number of rotatable bonds is 5. The Hall–Kier alpha value is -4.26. The lowest BCUT2D eigenvalue weighted by molar-refractivity contribution is 0.0932. The first-order valence-corrected chi connectivity index (χ1v) is 11.5. The molecule has 0 fully saturated rings. The molecule has 5 rings (SSSR count). The van der Waals surface area contributed by atoms with Crippen molar-refractivity contribution in [3.05, 3.63) is 117 Å². The quantitative estimate of drug-likeness (QED) is 0.494. The molecule has 7 heteroatoms. The predicted octanol–water partition coefficient (Wildman–Crippen LogP) is 4.95. The summed E-state index contributed by atoms with van der Waals surface area (Å²) in [6, 6.07) is 7.54. The van der Waals surface area contributed by atoms with Gasteiger partial charge in [0.15, 0.2) is 5.76 Å². The Morgan fingerprint density at radius 2 is 2.00 bits per heavy atom. The Labute approximate surface area is 202 Å². The summed E-state index contributed by atoms with van der Waals surface area (Å²) in [5.74, 6) is -0.108. The van der Waals surface area contributed by atoms with E-state index in [2.05, 4.69) is 16.0 Å². The number of hydrogen-bond donors (Lipinski definition) is 0. The van der Waals surface area contributed by atoms with E-state index in [-0.39, 0.29) is 11.3 Å². The number of aromatic nitrogens is 3. The van der Waals surface area contributed by atoms with Crippen LogP contribution in [0.15, 0.2) is 83.1 Å². The van der Waals surface area contributed by atoms with Crippen LogP contribution in [0.25, 0.3) is 11.0 Å².